The number of ether oxygens (including phenoxy) is 1. The van der Waals surface area contributed by atoms with Gasteiger partial charge in [0.15, 0.2) is 11.6 Å². The first-order chi connectivity index (χ1) is 10.1. The van der Waals surface area contributed by atoms with Crippen molar-refractivity contribution >= 4 is 0 Å². The Kier molecular flexibility index (Phi) is 5.34. The maximum absolute atomic E-state index is 14.1. The van der Waals surface area contributed by atoms with Crippen molar-refractivity contribution in [1.29, 1.82) is 0 Å². The van der Waals surface area contributed by atoms with E-state index in [2.05, 4.69) is 12.2 Å². The van der Waals surface area contributed by atoms with Gasteiger partial charge in [-0.1, -0.05) is 25.1 Å². The summed E-state index contributed by atoms with van der Waals surface area (Å²) in [6, 6.07) is 11.0. The van der Waals surface area contributed by atoms with E-state index < -0.39 is 0 Å². The molecule has 2 aromatic rings. The molecule has 0 aromatic heterocycles. The van der Waals surface area contributed by atoms with E-state index in [4.69, 9.17) is 4.74 Å². The third-order valence-electron chi connectivity index (χ3n) is 3.32. The summed E-state index contributed by atoms with van der Waals surface area (Å²) in [5.74, 6) is 0.639. The van der Waals surface area contributed by atoms with Crippen molar-refractivity contribution in [3.63, 3.8) is 0 Å². The maximum atomic E-state index is 14.1. The van der Waals surface area contributed by atoms with Crippen molar-refractivity contribution in [2.75, 3.05) is 6.54 Å². The van der Waals surface area contributed by atoms with E-state index in [-0.39, 0.29) is 11.6 Å². The van der Waals surface area contributed by atoms with Crippen molar-refractivity contribution in [3.8, 4) is 11.5 Å². The van der Waals surface area contributed by atoms with Crippen molar-refractivity contribution < 1.29 is 9.13 Å². The number of hydrogen-bond acceptors (Lipinski definition) is 2. The molecule has 2 rings (SSSR count). The Labute approximate surface area is 126 Å². The highest BCUT2D eigenvalue weighted by atomic mass is 19.1. The van der Waals surface area contributed by atoms with Crippen LogP contribution in [0.15, 0.2) is 36.4 Å². The fourth-order valence-electron chi connectivity index (χ4n) is 2.08. The van der Waals surface area contributed by atoms with Crippen LogP contribution in [0.3, 0.4) is 0 Å². The van der Waals surface area contributed by atoms with Crippen LogP contribution < -0.4 is 10.1 Å². The summed E-state index contributed by atoms with van der Waals surface area (Å²) >= 11 is 0. The van der Waals surface area contributed by atoms with Crippen LogP contribution in [0.5, 0.6) is 11.5 Å². The summed E-state index contributed by atoms with van der Waals surface area (Å²) < 4.78 is 19.8. The van der Waals surface area contributed by atoms with Gasteiger partial charge in [-0.25, -0.2) is 4.39 Å². The van der Waals surface area contributed by atoms with Gasteiger partial charge in [0.25, 0.3) is 0 Å². The lowest BCUT2D eigenvalue weighted by atomic mass is 10.1. The van der Waals surface area contributed by atoms with Gasteiger partial charge >= 0.3 is 0 Å². The maximum Gasteiger partial charge on any atom is 0.166 e. The predicted molar refractivity (Wildman–Crippen MR) is 84.4 cm³/mol. The second-order valence-electron chi connectivity index (χ2n) is 5.31. The Bertz CT molecular complexity index is 610. The second kappa shape index (κ2) is 7.23. The number of benzene rings is 2. The summed E-state index contributed by atoms with van der Waals surface area (Å²) in [6.07, 6.45) is 1.07. The molecule has 2 aromatic carbocycles. The molecule has 0 radical (unpaired) electrons. The standard InChI is InChI=1S/C18H22FNO/c1-4-9-20-12-15-7-8-17(16(19)11-15)21-18-10-13(2)5-6-14(18)3/h5-8,10-11,20H,4,9,12H2,1-3H3. The molecule has 0 heterocycles. The molecule has 0 atom stereocenters. The first-order valence-electron chi connectivity index (χ1n) is 7.34. The zero-order valence-electron chi connectivity index (χ0n) is 12.9. The Balaban J connectivity index is 2.12. The van der Waals surface area contributed by atoms with Gasteiger partial charge < -0.3 is 10.1 Å². The highest BCUT2D eigenvalue weighted by molar-refractivity contribution is 5.40. The van der Waals surface area contributed by atoms with E-state index in [1.807, 2.05) is 38.1 Å². The molecule has 112 valence electrons. The summed E-state index contributed by atoms with van der Waals surface area (Å²) in [4.78, 5) is 0. The zero-order chi connectivity index (χ0) is 15.2. The topological polar surface area (TPSA) is 21.3 Å². The van der Waals surface area contributed by atoms with Gasteiger partial charge in [-0.05, 0) is 61.7 Å². The Morgan fingerprint density at radius 3 is 2.57 bits per heavy atom. The third kappa shape index (κ3) is 4.30. The fraction of sp³-hybridized carbons (Fsp3) is 0.333. The van der Waals surface area contributed by atoms with E-state index in [1.165, 1.54) is 6.07 Å². The molecule has 0 saturated carbocycles. The summed E-state index contributed by atoms with van der Waals surface area (Å²) in [5, 5.41) is 3.26. The van der Waals surface area contributed by atoms with E-state index >= 15 is 0 Å². The molecule has 0 aliphatic rings. The van der Waals surface area contributed by atoms with Crippen molar-refractivity contribution in [1.82, 2.24) is 5.32 Å². The van der Waals surface area contributed by atoms with Gasteiger partial charge in [-0.2, -0.15) is 0 Å². The number of hydrogen-bond donors (Lipinski definition) is 1. The SMILES string of the molecule is CCCNCc1ccc(Oc2cc(C)ccc2C)c(F)c1. The largest absolute Gasteiger partial charge is 0.454 e. The molecule has 0 aliphatic carbocycles. The number of aryl methyl sites for hydroxylation is 2. The van der Waals surface area contributed by atoms with Crippen molar-refractivity contribution in [3.05, 3.63) is 58.9 Å². The van der Waals surface area contributed by atoms with Gasteiger partial charge in [0.1, 0.15) is 5.75 Å². The quantitative estimate of drug-likeness (QED) is 0.775. The van der Waals surface area contributed by atoms with E-state index in [1.54, 1.807) is 6.07 Å². The molecular weight excluding hydrogens is 265 g/mol. The number of rotatable bonds is 6. The van der Waals surface area contributed by atoms with Crippen LogP contribution in [-0.4, -0.2) is 6.54 Å². The number of nitrogens with one attached hydrogen (secondary N) is 1. The van der Waals surface area contributed by atoms with E-state index in [9.17, 15) is 4.39 Å². The lowest BCUT2D eigenvalue weighted by Crippen LogP contribution is -2.13. The zero-order valence-corrected chi connectivity index (χ0v) is 12.9. The minimum absolute atomic E-state index is 0.267. The monoisotopic (exact) mass is 287 g/mol. The summed E-state index contributed by atoms with van der Waals surface area (Å²) in [7, 11) is 0. The van der Waals surface area contributed by atoms with Crippen LogP contribution in [-0.2, 0) is 6.54 Å². The van der Waals surface area contributed by atoms with Gasteiger partial charge in [-0.15, -0.1) is 0 Å². The van der Waals surface area contributed by atoms with Gasteiger partial charge in [-0.3, -0.25) is 0 Å². The van der Waals surface area contributed by atoms with Crippen LogP contribution >= 0.6 is 0 Å². The molecule has 0 unspecified atom stereocenters. The minimum atomic E-state index is -0.327. The average Bonchev–Trinajstić information content (AvgIpc) is 2.46. The average molecular weight is 287 g/mol. The lowest BCUT2D eigenvalue weighted by Gasteiger charge is -2.11. The highest BCUT2D eigenvalue weighted by Crippen LogP contribution is 2.28. The van der Waals surface area contributed by atoms with Crippen LogP contribution in [0.25, 0.3) is 0 Å². The Morgan fingerprint density at radius 2 is 1.86 bits per heavy atom. The van der Waals surface area contributed by atoms with Crippen molar-refractivity contribution in [2.45, 2.75) is 33.7 Å². The molecule has 0 aliphatic heterocycles. The minimum Gasteiger partial charge on any atom is -0.454 e. The molecule has 21 heavy (non-hydrogen) atoms. The summed E-state index contributed by atoms with van der Waals surface area (Å²) in [6.45, 7) is 7.66. The predicted octanol–water partition coefficient (Wildman–Crippen LogP) is 4.73. The van der Waals surface area contributed by atoms with Gasteiger partial charge in [0, 0.05) is 6.54 Å². The summed E-state index contributed by atoms with van der Waals surface area (Å²) in [5.41, 5.74) is 3.01. The van der Waals surface area contributed by atoms with Gasteiger partial charge in [0.05, 0.1) is 0 Å². The molecule has 3 heteroatoms. The van der Waals surface area contributed by atoms with Crippen LogP contribution in [0, 0.1) is 19.7 Å². The molecule has 0 saturated heterocycles. The second-order valence-corrected chi connectivity index (χ2v) is 5.31. The third-order valence-corrected chi connectivity index (χ3v) is 3.32. The molecule has 1 N–H and O–H groups in total. The van der Waals surface area contributed by atoms with Gasteiger partial charge in [0.2, 0.25) is 0 Å². The Morgan fingerprint density at radius 1 is 1.05 bits per heavy atom. The first-order valence-corrected chi connectivity index (χ1v) is 7.34. The molecule has 0 bridgehead atoms. The molecule has 0 amide bonds. The van der Waals surface area contributed by atoms with E-state index in [0.717, 1.165) is 29.7 Å². The highest BCUT2D eigenvalue weighted by Gasteiger charge is 2.08. The molecule has 0 fully saturated rings. The first kappa shape index (κ1) is 15.5. The fourth-order valence-corrected chi connectivity index (χ4v) is 2.08. The molecular formula is C18H22FNO. The van der Waals surface area contributed by atoms with Crippen molar-refractivity contribution in [2.24, 2.45) is 0 Å². The lowest BCUT2D eigenvalue weighted by molar-refractivity contribution is 0.438. The van der Waals surface area contributed by atoms with Crippen LogP contribution in [0.2, 0.25) is 0 Å². The normalized spacial score (nSPS) is 10.7. The number of halogens is 1. The van der Waals surface area contributed by atoms with Crippen LogP contribution in [0.1, 0.15) is 30.0 Å². The molecule has 0 spiro atoms. The molecule has 2 nitrogen and oxygen atoms in total. The van der Waals surface area contributed by atoms with E-state index in [0.29, 0.717) is 12.3 Å². The smallest absolute Gasteiger partial charge is 0.166 e. The Hall–Kier alpha value is -1.87. The van der Waals surface area contributed by atoms with Crippen LogP contribution in [0.4, 0.5) is 4.39 Å².